The van der Waals surface area contributed by atoms with Gasteiger partial charge in [-0.05, 0) is 13.0 Å². The number of nitriles is 1. The average Bonchev–Trinajstić information content (AvgIpc) is 2.96. The summed E-state index contributed by atoms with van der Waals surface area (Å²) in [5, 5.41) is 20.7. The second kappa shape index (κ2) is 4.92. The van der Waals surface area contributed by atoms with E-state index >= 15 is 0 Å². The minimum Gasteiger partial charge on any atom is -0.305 e. The molecule has 0 amide bonds. The minimum absolute atomic E-state index is 0.256. The highest BCUT2D eigenvalue weighted by Crippen LogP contribution is 2.16. The molecule has 2 aromatic heterocycles. The van der Waals surface area contributed by atoms with Crippen LogP contribution in [-0.2, 0) is 6.54 Å². The van der Waals surface area contributed by atoms with Crippen molar-refractivity contribution in [2.45, 2.75) is 19.5 Å². The highest BCUT2D eigenvalue weighted by atomic mass is 32.1. The van der Waals surface area contributed by atoms with Gasteiger partial charge in [-0.15, -0.1) is 11.3 Å². The fourth-order valence-corrected chi connectivity index (χ4v) is 2.16. The first kappa shape index (κ1) is 10.9. The van der Waals surface area contributed by atoms with E-state index in [-0.39, 0.29) is 6.04 Å². The number of hydrogen-bond donors (Lipinski definition) is 2. The fourth-order valence-electron chi connectivity index (χ4n) is 1.40. The van der Waals surface area contributed by atoms with Gasteiger partial charge in [0.15, 0.2) is 0 Å². The molecule has 0 aromatic carbocycles. The molecule has 0 fully saturated rings. The first-order valence-corrected chi connectivity index (χ1v) is 5.87. The molecule has 0 saturated heterocycles. The summed E-state index contributed by atoms with van der Waals surface area (Å²) in [5.41, 5.74) is 1.87. The highest BCUT2D eigenvalue weighted by molar-refractivity contribution is 7.10. The first-order chi connectivity index (χ1) is 7.79. The molecule has 0 saturated carbocycles. The Morgan fingerprint density at radius 3 is 3.19 bits per heavy atom. The molecule has 1 atom stereocenters. The van der Waals surface area contributed by atoms with Gasteiger partial charge in [-0.1, -0.05) is 0 Å². The molecule has 2 N–H and O–H groups in total. The lowest BCUT2D eigenvalue weighted by Crippen LogP contribution is -2.16. The summed E-state index contributed by atoms with van der Waals surface area (Å²) < 4.78 is 0. The van der Waals surface area contributed by atoms with Gasteiger partial charge in [-0.2, -0.15) is 10.4 Å². The van der Waals surface area contributed by atoms with E-state index in [9.17, 15) is 0 Å². The maximum absolute atomic E-state index is 8.70. The lowest BCUT2D eigenvalue weighted by Gasteiger charge is -2.10. The van der Waals surface area contributed by atoms with Gasteiger partial charge in [-0.3, -0.25) is 5.10 Å². The number of nitrogens with one attached hydrogen (secondary N) is 2. The molecule has 2 rings (SSSR count). The molecule has 16 heavy (non-hydrogen) atoms. The zero-order chi connectivity index (χ0) is 11.4. The highest BCUT2D eigenvalue weighted by Gasteiger charge is 2.06. The third-order valence-corrected chi connectivity index (χ3v) is 3.32. The second-order valence-electron chi connectivity index (χ2n) is 3.55. The molecule has 2 heterocycles. The van der Waals surface area contributed by atoms with Crippen LogP contribution in [0.5, 0.6) is 0 Å². The van der Waals surface area contributed by atoms with Crippen LogP contribution in [0.25, 0.3) is 0 Å². The predicted molar refractivity (Wildman–Crippen MR) is 62.9 cm³/mol. The normalized spacial score (nSPS) is 12.2. The number of nitrogens with zero attached hydrogens (tertiary/aromatic N) is 2. The van der Waals surface area contributed by atoms with E-state index < -0.39 is 0 Å². The minimum atomic E-state index is 0.256. The molecule has 0 aliphatic carbocycles. The van der Waals surface area contributed by atoms with Crippen molar-refractivity contribution in [3.8, 4) is 6.07 Å². The van der Waals surface area contributed by atoms with E-state index in [0.717, 1.165) is 17.7 Å². The van der Waals surface area contributed by atoms with E-state index in [1.165, 1.54) is 4.88 Å². The van der Waals surface area contributed by atoms with Crippen LogP contribution >= 0.6 is 11.3 Å². The Balaban J connectivity index is 1.90. The molecule has 4 nitrogen and oxygen atoms in total. The topological polar surface area (TPSA) is 64.5 Å². The summed E-state index contributed by atoms with van der Waals surface area (Å²) in [6.45, 7) is 2.86. The van der Waals surface area contributed by atoms with Gasteiger partial charge in [0.05, 0.1) is 11.8 Å². The zero-order valence-corrected chi connectivity index (χ0v) is 9.71. The van der Waals surface area contributed by atoms with Gasteiger partial charge in [0, 0.05) is 34.6 Å². The van der Waals surface area contributed by atoms with E-state index in [1.807, 2.05) is 23.8 Å². The van der Waals surface area contributed by atoms with Gasteiger partial charge in [0.1, 0.15) is 6.07 Å². The summed E-state index contributed by atoms with van der Waals surface area (Å²) in [6, 6.07) is 4.30. The average molecular weight is 232 g/mol. The van der Waals surface area contributed by atoms with Gasteiger partial charge < -0.3 is 5.32 Å². The third kappa shape index (κ3) is 2.48. The Morgan fingerprint density at radius 2 is 2.56 bits per heavy atom. The van der Waals surface area contributed by atoms with E-state index in [4.69, 9.17) is 5.26 Å². The van der Waals surface area contributed by atoms with Crippen LogP contribution in [-0.4, -0.2) is 10.2 Å². The molecular formula is C11H12N4S. The van der Waals surface area contributed by atoms with Crippen LogP contribution in [0.3, 0.4) is 0 Å². The van der Waals surface area contributed by atoms with Crippen molar-refractivity contribution in [3.05, 3.63) is 39.8 Å². The van der Waals surface area contributed by atoms with Crippen molar-refractivity contribution in [3.63, 3.8) is 0 Å². The number of aromatic amines is 1. The molecule has 0 aliphatic rings. The van der Waals surface area contributed by atoms with Crippen molar-refractivity contribution in [2.75, 3.05) is 0 Å². The number of aromatic nitrogens is 2. The zero-order valence-electron chi connectivity index (χ0n) is 8.90. The van der Waals surface area contributed by atoms with E-state index in [0.29, 0.717) is 0 Å². The lowest BCUT2D eigenvalue weighted by molar-refractivity contribution is 0.579. The molecule has 0 aliphatic heterocycles. The first-order valence-electron chi connectivity index (χ1n) is 4.99. The molecule has 2 aromatic rings. The monoisotopic (exact) mass is 232 g/mol. The van der Waals surface area contributed by atoms with Crippen molar-refractivity contribution in [2.24, 2.45) is 0 Å². The Morgan fingerprint density at radius 1 is 1.69 bits per heavy atom. The van der Waals surface area contributed by atoms with Crippen LogP contribution < -0.4 is 5.32 Å². The summed E-state index contributed by atoms with van der Waals surface area (Å²) in [5.74, 6) is 0. The summed E-state index contributed by atoms with van der Waals surface area (Å²) in [4.78, 5) is 1.17. The van der Waals surface area contributed by atoms with Crippen LogP contribution in [0.2, 0.25) is 0 Å². The third-order valence-electron chi connectivity index (χ3n) is 2.38. The Kier molecular flexibility index (Phi) is 3.34. The Hall–Kier alpha value is -1.64. The molecule has 82 valence electrons. The van der Waals surface area contributed by atoms with Crippen LogP contribution in [0.1, 0.15) is 29.0 Å². The number of thiophene rings is 1. The molecule has 0 spiro atoms. The smallest absolute Gasteiger partial charge is 0.100 e. The predicted octanol–water partition coefficient (Wildman–Crippen LogP) is 2.19. The Bertz CT molecular complexity index is 480. The molecule has 0 bridgehead atoms. The van der Waals surface area contributed by atoms with Crippen molar-refractivity contribution in [1.29, 1.82) is 5.26 Å². The van der Waals surface area contributed by atoms with Gasteiger partial charge >= 0.3 is 0 Å². The summed E-state index contributed by atoms with van der Waals surface area (Å²) in [6.07, 6.45) is 3.69. The maximum Gasteiger partial charge on any atom is 0.100 e. The SMILES string of the molecule is CC(NCc1cc(C#N)cs1)c1cn[nH]c1. The van der Waals surface area contributed by atoms with Gasteiger partial charge in [-0.25, -0.2) is 0 Å². The van der Waals surface area contributed by atoms with Gasteiger partial charge in [0.25, 0.3) is 0 Å². The number of hydrogen-bond acceptors (Lipinski definition) is 4. The quantitative estimate of drug-likeness (QED) is 0.849. The standard InChI is InChI=1S/C11H12N4S/c1-8(10-4-14-15-5-10)13-6-11-2-9(3-12)7-16-11/h2,4-5,7-8,13H,6H2,1H3,(H,14,15). The molecule has 5 heteroatoms. The van der Waals surface area contributed by atoms with Crippen molar-refractivity contribution >= 4 is 11.3 Å². The van der Waals surface area contributed by atoms with Crippen molar-refractivity contribution < 1.29 is 0 Å². The summed E-state index contributed by atoms with van der Waals surface area (Å²) >= 11 is 1.60. The number of H-pyrrole nitrogens is 1. The van der Waals surface area contributed by atoms with Gasteiger partial charge in [0.2, 0.25) is 0 Å². The summed E-state index contributed by atoms with van der Waals surface area (Å²) in [7, 11) is 0. The lowest BCUT2D eigenvalue weighted by atomic mass is 10.2. The van der Waals surface area contributed by atoms with E-state index in [1.54, 1.807) is 11.3 Å². The largest absolute Gasteiger partial charge is 0.305 e. The molecule has 1 unspecified atom stereocenters. The van der Waals surface area contributed by atoms with Crippen LogP contribution in [0.4, 0.5) is 0 Å². The Labute approximate surface area is 97.9 Å². The molecular weight excluding hydrogens is 220 g/mol. The van der Waals surface area contributed by atoms with E-state index in [2.05, 4.69) is 28.5 Å². The number of rotatable bonds is 4. The van der Waals surface area contributed by atoms with Crippen LogP contribution in [0, 0.1) is 11.3 Å². The maximum atomic E-state index is 8.70. The van der Waals surface area contributed by atoms with Crippen molar-refractivity contribution in [1.82, 2.24) is 15.5 Å². The van der Waals surface area contributed by atoms with Crippen LogP contribution in [0.15, 0.2) is 23.8 Å². The molecule has 0 radical (unpaired) electrons. The second-order valence-corrected chi connectivity index (χ2v) is 4.54. The fraction of sp³-hybridized carbons (Fsp3) is 0.273.